The van der Waals surface area contributed by atoms with Crippen molar-refractivity contribution in [3.63, 3.8) is 0 Å². The van der Waals surface area contributed by atoms with Crippen molar-refractivity contribution in [3.8, 4) is 0 Å². The Hall–Kier alpha value is -7.72. The maximum atomic E-state index is 14.1. The second kappa shape index (κ2) is 25.8. The zero-order valence-electron chi connectivity index (χ0n) is 46.3. The number of nitrogens with one attached hydrogen (secondary N) is 4. The Labute approximate surface area is 482 Å². The number of sulfonamides is 2. The highest BCUT2D eigenvalue weighted by atomic mass is 32.2. The number of nitrogens with zero attached hydrogens (tertiary/aromatic N) is 3. The molecule has 5 aromatic carbocycles. The van der Waals surface area contributed by atoms with Crippen molar-refractivity contribution in [2.75, 3.05) is 22.0 Å². The molecule has 440 valence electrons. The highest BCUT2D eigenvalue weighted by Gasteiger charge is 2.46. The molecule has 3 heterocycles. The van der Waals surface area contributed by atoms with Gasteiger partial charge in [0.05, 0.1) is 46.9 Å². The van der Waals surface area contributed by atoms with Gasteiger partial charge in [-0.25, -0.2) is 25.6 Å². The van der Waals surface area contributed by atoms with E-state index in [0.29, 0.717) is 49.7 Å². The van der Waals surface area contributed by atoms with Crippen LogP contribution in [0.3, 0.4) is 0 Å². The third-order valence-corrected chi connectivity index (χ3v) is 17.4. The monoisotopic (exact) mass is 1180 g/mol. The Morgan fingerprint density at radius 2 is 0.795 bits per heavy atom. The summed E-state index contributed by atoms with van der Waals surface area (Å²) in [6, 6.07) is 38.3. The van der Waals surface area contributed by atoms with E-state index in [-0.39, 0.29) is 70.8 Å². The molecule has 5 N–H and O–H groups in total. The molecule has 0 bridgehead atoms. The van der Waals surface area contributed by atoms with Crippen LogP contribution < -0.4 is 20.1 Å². The molecule has 3 saturated carbocycles. The Kier molecular flexibility index (Phi) is 18.6. The first-order chi connectivity index (χ1) is 39.6. The summed E-state index contributed by atoms with van der Waals surface area (Å²) in [5.41, 5.74) is 6.08. The summed E-state index contributed by atoms with van der Waals surface area (Å²) >= 11 is 0. The topological polar surface area (TPSA) is 253 Å². The fraction of sp³-hybridized carbons (Fsp3) is 0.410. The number of amides is 2. The maximum absolute atomic E-state index is 14.1. The van der Waals surface area contributed by atoms with Gasteiger partial charge in [-0.15, -0.1) is 0 Å². The minimum atomic E-state index is -3.56. The molecule has 11 rings (SSSR count). The van der Waals surface area contributed by atoms with Crippen LogP contribution in [0.4, 0.5) is 20.2 Å². The normalized spacial score (nSPS) is 24.4. The lowest BCUT2D eigenvalue weighted by Crippen LogP contribution is -2.39. The van der Waals surface area contributed by atoms with Crippen molar-refractivity contribution in [1.82, 2.24) is 10.6 Å². The molecule has 3 aliphatic carbocycles. The number of anilines is 2. The molecule has 5 aromatic rings. The average Bonchev–Trinajstić information content (AvgIpc) is 4.43. The van der Waals surface area contributed by atoms with Gasteiger partial charge in [-0.1, -0.05) is 119 Å². The molecule has 2 amide bonds. The van der Waals surface area contributed by atoms with E-state index in [4.69, 9.17) is 19.6 Å². The quantitative estimate of drug-likeness (QED) is 0.0699. The van der Waals surface area contributed by atoms with E-state index in [2.05, 4.69) is 35.5 Å². The molecule has 0 saturated heterocycles. The first-order valence-corrected chi connectivity index (χ1v) is 31.6. The van der Waals surface area contributed by atoms with Gasteiger partial charge in [-0.3, -0.25) is 23.8 Å². The first kappa shape index (κ1) is 59.9. The summed E-state index contributed by atoms with van der Waals surface area (Å²) < 4.78 is 77.5. The highest BCUT2D eigenvalue weighted by Crippen LogP contribution is 2.44. The van der Waals surface area contributed by atoms with Gasteiger partial charge in [-0.2, -0.15) is 0 Å². The van der Waals surface area contributed by atoms with Crippen molar-refractivity contribution >= 4 is 66.3 Å². The molecule has 0 radical (unpaired) electrons. The Bertz CT molecular complexity index is 3280. The molecule has 0 unspecified atom stereocenters. The molecule has 3 spiro atoms. The number of carbonyl (C=O) groups is 3. The van der Waals surface area contributed by atoms with Crippen molar-refractivity contribution < 1.29 is 59.6 Å². The molecule has 3 aliphatic heterocycles. The van der Waals surface area contributed by atoms with Gasteiger partial charge in [0.25, 0.3) is 0 Å². The van der Waals surface area contributed by atoms with Gasteiger partial charge in [-0.05, 0) is 129 Å². The van der Waals surface area contributed by atoms with E-state index in [1.807, 2.05) is 91.0 Å². The molecular weight excluding hydrogens is 1110 g/mol. The second-order valence-electron chi connectivity index (χ2n) is 22.5. The molecule has 0 atom stereocenters. The number of benzene rings is 5. The number of hydrogen-bond donors (Lipinski definition) is 5. The predicted molar refractivity (Wildman–Crippen MR) is 311 cm³/mol. The molecule has 22 heteroatoms. The lowest BCUT2D eigenvalue weighted by Gasteiger charge is -2.34. The summed E-state index contributed by atoms with van der Waals surface area (Å²) in [5.74, 6) is -2.65. The van der Waals surface area contributed by atoms with Crippen LogP contribution in [0.2, 0.25) is 0 Å². The standard InChI is InChI=1S/2C23H26FN3O4S.C15H17NO3/c2*1-32(29,30)27-20-8-7-16(13-19(20)24)15-25-22(28)18-9-11-23(12-10-18)14-21(26-31-23)17-5-3-2-4-6-17;17-14(18)12-6-8-15(9-7-12)10-13(16-19-15)11-4-2-1-3-5-11/h2*2-8,13,18,27H,9-12,14-15H2,1H3,(H,25,28);1-5,12H,6-10H2,(H,17,18). The fourth-order valence-corrected chi connectivity index (χ4v) is 12.6. The molecular formula is C61H69F2N7O11S2. The van der Waals surface area contributed by atoms with Crippen LogP contribution in [0, 0.1) is 29.4 Å². The number of hydrogen-bond acceptors (Lipinski definition) is 13. The van der Waals surface area contributed by atoms with Crippen molar-refractivity contribution in [1.29, 1.82) is 0 Å². The van der Waals surface area contributed by atoms with Gasteiger partial charge in [0.1, 0.15) is 28.4 Å². The van der Waals surface area contributed by atoms with Crippen LogP contribution in [0.5, 0.6) is 0 Å². The maximum Gasteiger partial charge on any atom is 0.306 e. The summed E-state index contributed by atoms with van der Waals surface area (Å²) in [6.07, 6.45) is 13.0. The van der Waals surface area contributed by atoms with Gasteiger partial charge < -0.3 is 30.3 Å². The number of halogens is 2. The van der Waals surface area contributed by atoms with Crippen LogP contribution in [0.25, 0.3) is 0 Å². The number of carboxylic acids is 1. The minimum absolute atomic E-state index is 0.0687. The molecule has 18 nitrogen and oxygen atoms in total. The zero-order chi connectivity index (χ0) is 58.8. The second-order valence-corrected chi connectivity index (χ2v) is 26.0. The minimum Gasteiger partial charge on any atom is -0.481 e. The van der Waals surface area contributed by atoms with Crippen LogP contribution in [0.1, 0.15) is 124 Å². The van der Waals surface area contributed by atoms with E-state index in [9.17, 15) is 40.0 Å². The van der Waals surface area contributed by atoms with Gasteiger partial charge in [0.15, 0.2) is 0 Å². The third kappa shape index (κ3) is 16.1. The van der Waals surface area contributed by atoms with Crippen LogP contribution in [-0.4, -0.2) is 86.2 Å². The number of oxime groups is 3. The molecule has 83 heavy (non-hydrogen) atoms. The smallest absolute Gasteiger partial charge is 0.306 e. The summed E-state index contributed by atoms with van der Waals surface area (Å²) in [6.45, 7) is 0.350. The summed E-state index contributed by atoms with van der Waals surface area (Å²) in [4.78, 5) is 53.6. The molecule has 6 aliphatic rings. The molecule has 3 fully saturated rings. The van der Waals surface area contributed by atoms with Crippen molar-refractivity contribution in [3.05, 3.63) is 167 Å². The molecule has 0 aromatic heterocycles. The summed E-state index contributed by atoms with van der Waals surface area (Å²) in [7, 11) is -7.12. The van der Waals surface area contributed by atoms with E-state index in [1.165, 1.54) is 24.3 Å². The SMILES string of the molecule is CS(=O)(=O)Nc1ccc(CNC(=O)C2CCC3(CC2)CC(c2ccccc2)=NO3)cc1F.CS(=O)(=O)Nc1ccc(CNC(=O)C2CCC3(CC2)CC(c2ccccc2)=NO3)cc1F.O=C(O)C1CCC2(CC1)CC(c1ccccc1)=NO2. The van der Waals surface area contributed by atoms with E-state index in [0.717, 1.165) is 104 Å². The van der Waals surface area contributed by atoms with Crippen LogP contribution in [0.15, 0.2) is 143 Å². The van der Waals surface area contributed by atoms with Crippen LogP contribution in [-0.2, 0) is 62.0 Å². The number of aliphatic carboxylic acids is 1. The number of rotatable bonds is 14. The van der Waals surface area contributed by atoms with E-state index in [1.54, 1.807) is 12.1 Å². The van der Waals surface area contributed by atoms with E-state index >= 15 is 0 Å². The van der Waals surface area contributed by atoms with Crippen LogP contribution >= 0.6 is 0 Å². The lowest BCUT2D eigenvalue weighted by atomic mass is 9.76. The zero-order valence-corrected chi connectivity index (χ0v) is 48.0. The Morgan fingerprint density at radius 3 is 1.07 bits per heavy atom. The number of carboxylic acid groups (broad SMARTS) is 1. The van der Waals surface area contributed by atoms with Gasteiger partial charge >= 0.3 is 5.97 Å². The number of carbonyl (C=O) groups excluding carboxylic acids is 2. The largest absolute Gasteiger partial charge is 0.481 e. The highest BCUT2D eigenvalue weighted by molar-refractivity contribution is 7.92. The van der Waals surface area contributed by atoms with E-state index < -0.39 is 37.7 Å². The lowest BCUT2D eigenvalue weighted by molar-refractivity contribution is -0.145. The fourth-order valence-electron chi connectivity index (χ4n) is 11.5. The predicted octanol–water partition coefficient (Wildman–Crippen LogP) is 9.96. The van der Waals surface area contributed by atoms with Crippen molar-refractivity contribution in [2.24, 2.45) is 33.2 Å². The summed E-state index contributed by atoms with van der Waals surface area (Å²) in [5, 5.41) is 27.6. The first-order valence-electron chi connectivity index (χ1n) is 27.9. The van der Waals surface area contributed by atoms with Gasteiger partial charge in [0, 0.05) is 44.2 Å². The van der Waals surface area contributed by atoms with Gasteiger partial charge in [0.2, 0.25) is 31.9 Å². The Morgan fingerprint density at radius 1 is 0.494 bits per heavy atom. The van der Waals surface area contributed by atoms with Crippen molar-refractivity contribution in [2.45, 2.75) is 126 Å². The average molecular weight is 1180 g/mol. The third-order valence-electron chi connectivity index (χ3n) is 16.2. The Balaban J connectivity index is 0.000000155.